The molecule has 0 spiro atoms. The van der Waals surface area contributed by atoms with Gasteiger partial charge in [0.05, 0.1) is 10.8 Å². The Morgan fingerprint density at radius 1 is 1.08 bits per heavy atom. The van der Waals surface area contributed by atoms with Gasteiger partial charge in [-0.25, -0.2) is 0 Å². The van der Waals surface area contributed by atoms with E-state index in [4.69, 9.17) is 0 Å². The molecular formula is C20H22O3S. The van der Waals surface area contributed by atoms with E-state index >= 15 is 0 Å². The second-order valence-electron chi connectivity index (χ2n) is 5.83. The summed E-state index contributed by atoms with van der Waals surface area (Å²) in [6.07, 6.45) is 1.67. The highest BCUT2D eigenvalue weighted by molar-refractivity contribution is 7.86. The monoisotopic (exact) mass is 342 g/mol. The van der Waals surface area contributed by atoms with Gasteiger partial charge in [0.15, 0.2) is 5.78 Å². The SMILES string of the molecule is CC[C@H](CC=O)[C@@H](C(=O)c1ccccc1)S(=O)c1ccc(C)cc1. The van der Waals surface area contributed by atoms with Crippen LogP contribution in [0.5, 0.6) is 0 Å². The lowest BCUT2D eigenvalue weighted by molar-refractivity contribution is -0.108. The van der Waals surface area contributed by atoms with Crippen molar-refractivity contribution < 1.29 is 13.8 Å². The first kappa shape index (κ1) is 18.3. The smallest absolute Gasteiger partial charge is 0.179 e. The Morgan fingerprint density at radius 3 is 2.25 bits per heavy atom. The van der Waals surface area contributed by atoms with Gasteiger partial charge < -0.3 is 4.79 Å². The van der Waals surface area contributed by atoms with E-state index in [9.17, 15) is 13.8 Å². The Balaban J connectivity index is 2.42. The van der Waals surface area contributed by atoms with E-state index in [1.165, 1.54) is 0 Å². The van der Waals surface area contributed by atoms with E-state index in [1.807, 2.05) is 32.0 Å². The lowest BCUT2D eigenvalue weighted by atomic mass is 9.93. The van der Waals surface area contributed by atoms with Crippen LogP contribution in [0.2, 0.25) is 0 Å². The Morgan fingerprint density at radius 2 is 1.71 bits per heavy atom. The quantitative estimate of drug-likeness (QED) is 0.539. The minimum Gasteiger partial charge on any atom is -0.303 e. The number of aldehydes is 1. The molecule has 0 bridgehead atoms. The molecule has 0 aromatic heterocycles. The number of hydrogen-bond acceptors (Lipinski definition) is 3. The van der Waals surface area contributed by atoms with E-state index in [0.29, 0.717) is 16.9 Å². The van der Waals surface area contributed by atoms with Crippen LogP contribution < -0.4 is 0 Å². The first-order valence-electron chi connectivity index (χ1n) is 8.08. The number of hydrogen-bond donors (Lipinski definition) is 0. The maximum absolute atomic E-state index is 13.1. The van der Waals surface area contributed by atoms with E-state index in [0.717, 1.165) is 11.8 Å². The third kappa shape index (κ3) is 4.26. The van der Waals surface area contributed by atoms with Gasteiger partial charge in [-0.2, -0.15) is 0 Å². The summed E-state index contributed by atoms with van der Waals surface area (Å²) < 4.78 is 13.1. The summed E-state index contributed by atoms with van der Waals surface area (Å²) in [6.45, 7) is 3.88. The fourth-order valence-corrected chi connectivity index (χ4v) is 4.38. The van der Waals surface area contributed by atoms with Crippen molar-refractivity contribution in [3.05, 3.63) is 65.7 Å². The average molecular weight is 342 g/mol. The van der Waals surface area contributed by atoms with Crippen LogP contribution >= 0.6 is 0 Å². The topological polar surface area (TPSA) is 51.2 Å². The van der Waals surface area contributed by atoms with E-state index in [-0.39, 0.29) is 18.1 Å². The maximum Gasteiger partial charge on any atom is 0.179 e. The van der Waals surface area contributed by atoms with E-state index in [2.05, 4.69) is 0 Å². The van der Waals surface area contributed by atoms with Gasteiger partial charge in [-0.1, -0.05) is 61.4 Å². The highest BCUT2D eigenvalue weighted by Crippen LogP contribution is 2.26. The molecule has 24 heavy (non-hydrogen) atoms. The van der Waals surface area contributed by atoms with Crippen LogP contribution in [0.4, 0.5) is 0 Å². The lowest BCUT2D eigenvalue weighted by Crippen LogP contribution is -2.34. The summed E-state index contributed by atoms with van der Waals surface area (Å²) >= 11 is 0. The van der Waals surface area contributed by atoms with Gasteiger partial charge in [0.1, 0.15) is 11.5 Å². The average Bonchev–Trinajstić information content (AvgIpc) is 2.62. The molecule has 2 aromatic carbocycles. The normalized spacial score (nSPS) is 14.6. The second-order valence-corrected chi connectivity index (χ2v) is 7.41. The standard InChI is InChI=1S/C20H22O3S/c1-3-16(13-14-21)20(19(22)17-7-5-4-6-8-17)24(23)18-11-9-15(2)10-12-18/h4-12,14,16,20H,3,13H2,1-2H3/t16-,20+,24?/m1/s1. The zero-order valence-corrected chi connectivity index (χ0v) is 14.8. The Labute approximate surface area is 145 Å². The van der Waals surface area contributed by atoms with Gasteiger partial charge in [0.25, 0.3) is 0 Å². The van der Waals surface area contributed by atoms with Crippen LogP contribution in [0.25, 0.3) is 0 Å². The summed E-state index contributed by atoms with van der Waals surface area (Å²) in [5.74, 6) is -0.402. The largest absolute Gasteiger partial charge is 0.303 e. The number of benzene rings is 2. The molecule has 0 fully saturated rings. The molecule has 0 aliphatic heterocycles. The van der Waals surface area contributed by atoms with Gasteiger partial charge in [-0.05, 0) is 25.0 Å². The first-order valence-corrected chi connectivity index (χ1v) is 9.30. The zero-order valence-electron chi connectivity index (χ0n) is 14.0. The zero-order chi connectivity index (χ0) is 17.5. The maximum atomic E-state index is 13.1. The van der Waals surface area contributed by atoms with Crippen molar-refractivity contribution in [2.75, 3.05) is 0 Å². The van der Waals surface area contributed by atoms with Crippen molar-refractivity contribution in [1.82, 2.24) is 0 Å². The molecule has 2 rings (SSSR count). The van der Waals surface area contributed by atoms with Crippen molar-refractivity contribution in [3.8, 4) is 0 Å². The third-order valence-electron chi connectivity index (χ3n) is 4.15. The number of carbonyl (C=O) groups is 2. The summed E-state index contributed by atoms with van der Waals surface area (Å²) in [7, 11) is -1.50. The summed E-state index contributed by atoms with van der Waals surface area (Å²) in [5.41, 5.74) is 1.61. The van der Waals surface area contributed by atoms with Crippen molar-refractivity contribution in [2.24, 2.45) is 5.92 Å². The molecule has 3 atom stereocenters. The molecular weight excluding hydrogens is 320 g/mol. The van der Waals surface area contributed by atoms with Gasteiger partial charge in [-0.3, -0.25) is 9.00 Å². The number of carbonyl (C=O) groups excluding carboxylic acids is 2. The van der Waals surface area contributed by atoms with Crippen LogP contribution in [-0.2, 0) is 15.6 Å². The minimum atomic E-state index is -1.50. The van der Waals surface area contributed by atoms with Gasteiger partial charge in [0.2, 0.25) is 0 Å². The minimum absolute atomic E-state index is 0.164. The lowest BCUT2D eigenvalue weighted by Gasteiger charge is -2.23. The number of aryl methyl sites for hydroxylation is 1. The molecule has 126 valence electrons. The number of Topliss-reactive ketones (excluding diaryl/α,β-unsaturated/α-hetero) is 1. The second kappa shape index (κ2) is 8.69. The predicted molar refractivity (Wildman–Crippen MR) is 96.6 cm³/mol. The van der Waals surface area contributed by atoms with Crippen molar-refractivity contribution in [2.45, 2.75) is 36.8 Å². The van der Waals surface area contributed by atoms with Gasteiger partial charge in [0, 0.05) is 16.9 Å². The molecule has 2 aromatic rings. The highest BCUT2D eigenvalue weighted by Gasteiger charge is 2.33. The third-order valence-corrected chi connectivity index (χ3v) is 5.95. The molecule has 0 aliphatic rings. The molecule has 3 nitrogen and oxygen atoms in total. The molecule has 0 radical (unpaired) electrons. The highest BCUT2D eigenvalue weighted by atomic mass is 32.2. The Kier molecular flexibility index (Phi) is 6.62. The van der Waals surface area contributed by atoms with E-state index < -0.39 is 16.0 Å². The number of ketones is 1. The summed E-state index contributed by atoms with van der Waals surface area (Å²) in [4.78, 5) is 24.6. The van der Waals surface area contributed by atoms with Crippen LogP contribution in [0.1, 0.15) is 35.7 Å². The Bertz CT molecular complexity index is 707. The fraction of sp³-hybridized carbons (Fsp3) is 0.300. The van der Waals surface area contributed by atoms with Crippen LogP contribution in [0.3, 0.4) is 0 Å². The summed E-state index contributed by atoms with van der Waals surface area (Å²) in [5, 5.41) is -0.717. The molecule has 0 amide bonds. The molecule has 0 saturated heterocycles. The molecule has 0 aliphatic carbocycles. The molecule has 1 unspecified atom stereocenters. The van der Waals surface area contributed by atoms with Crippen LogP contribution in [0.15, 0.2) is 59.5 Å². The number of rotatable bonds is 8. The van der Waals surface area contributed by atoms with Crippen molar-refractivity contribution in [3.63, 3.8) is 0 Å². The molecule has 0 heterocycles. The molecule has 4 heteroatoms. The predicted octanol–water partition coefficient (Wildman–Crippen LogP) is 3.97. The van der Waals surface area contributed by atoms with Gasteiger partial charge >= 0.3 is 0 Å². The van der Waals surface area contributed by atoms with E-state index in [1.54, 1.807) is 36.4 Å². The summed E-state index contributed by atoms with van der Waals surface area (Å²) in [6, 6.07) is 16.3. The molecule has 0 saturated carbocycles. The van der Waals surface area contributed by atoms with Crippen molar-refractivity contribution in [1.29, 1.82) is 0 Å². The molecule has 0 N–H and O–H groups in total. The Hall–Kier alpha value is -2.07. The fourth-order valence-electron chi connectivity index (χ4n) is 2.70. The first-order chi connectivity index (χ1) is 11.6. The van der Waals surface area contributed by atoms with Gasteiger partial charge in [-0.15, -0.1) is 0 Å². The van der Waals surface area contributed by atoms with Crippen LogP contribution in [0, 0.1) is 12.8 Å². The van der Waals surface area contributed by atoms with Crippen LogP contribution in [-0.4, -0.2) is 21.5 Å². The van der Waals surface area contributed by atoms with Crippen molar-refractivity contribution >= 4 is 22.9 Å².